The summed E-state index contributed by atoms with van der Waals surface area (Å²) in [7, 11) is 0. The second-order valence-corrected chi connectivity index (χ2v) is 19.6. The highest BCUT2D eigenvalue weighted by molar-refractivity contribution is 5.90. The van der Waals surface area contributed by atoms with Crippen LogP contribution < -0.4 is 0 Å². The van der Waals surface area contributed by atoms with Gasteiger partial charge in [-0.1, -0.05) is 294 Å². The third-order valence-electron chi connectivity index (χ3n) is 14.1. The minimum absolute atomic E-state index is 0.0122. The van der Waals surface area contributed by atoms with E-state index in [9.17, 15) is 4.39 Å². The van der Waals surface area contributed by atoms with Crippen LogP contribution in [-0.4, -0.2) is 0 Å². The van der Waals surface area contributed by atoms with Crippen molar-refractivity contribution in [1.82, 2.24) is 0 Å². The molecule has 0 bridgehead atoms. The summed E-state index contributed by atoms with van der Waals surface area (Å²) in [6.07, 6.45) is 39.0. The predicted octanol–water partition coefficient (Wildman–Crippen LogP) is 23.8. The minimum atomic E-state index is -0.262. The van der Waals surface area contributed by atoms with Gasteiger partial charge in [0.1, 0.15) is 5.83 Å². The lowest BCUT2D eigenvalue weighted by Crippen LogP contribution is -2.32. The summed E-state index contributed by atoms with van der Waals surface area (Å²) in [6, 6.07) is 42.2. The quantitative estimate of drug-likeness (QED) is 0.0664. The Morgan fingerprint density at radius 1 is 0.727 bits per heavy atom. The lowest BCUT2D eigenvalue weighted by molar-refractivity contribution is 0.556. The van der Waals surface area contributed by atoms with Crippen LogP contribution in [-0.2, 0) is 5.41 Å². The number of hydrogen-bond donors (Lipinski definition) is 0. The second-order valence-electron chi connectivity index (χ2n) is 19.6. The maximum atomic E-state index is 13.8. The molecule has 3 atom stereocenters. The van der Waals surface area contributed by atoms with Crippen molar-refractivity contribution in [3.05, 3.63) is 268 Å². The van der Waals surface area contributed by atoms with Gasteiger partial charge in [-0.2, -0.15) is 0 Å². The van der Waals surface area contributed by atoms with Crippen molar-refractivity contribution in [3.8, 4) is 22.3 Å². The fraction of sp³-hybridized carbons (Fsp3) is 0.342. The Labute approximate surface area is 470 Å². The Hall–Kier alpha value is -6.57. The number of fused-ring (bicyclic) bond motifs is 2. The Kier molecular flexibility index (Phi) is 30.0. The zero-order valence-corrected chi connectivity index (χ0v) is 50.2. The van der Waals surface area contributed by atoms with Gasteiger partial charge in [0, 0.05) is 6.42 Å². The average Bonchev–Trinajstić information content (AvgIpc) is 3.88. The fourth-order valence-corrected chi connectivity index (χ4v) is 10.3. The van der Waals surface area contributed by atoms with Crippen LogP contribution in [0.2, 0.25) is 0 Å². The number of halogens is 1. The molecule has 0 nitrogen and oxygen atoms in total. The smallest absolute Gasteiger partial charge is 0.100 e. The number of benzene rings is 5. The molecular weight excluding hydrogens is 932 g/mol. The molecule has 5 aromatic rings. The van der Waals surface area contributed by atoms with E-state index < -0.39 is 0 Å². The van der Waals surface area contributed by atoms with Crippen molar-refractivity contribution in [2.75, 3.05) is 0 Å². The molecule has 0 aromatic heterocycles. The number of aryl methyl sites for hydroxylation is 3. The van der Waals surface area contributed by atoms with Crippen LogP contribution in [0, 0.1) is 26.7 Å². The first kappa shape index (κ1) is 64.7. The van der Waals surface area contributed by atoms with E-state index in [0.717, 1.165) is 31.6 Å². The average molecular weight is 1030 g/mol. The maximum absolute atomic E-state index is 13.8. The highest BCUT2D eigenvalue weighted by atomic mass is 19.1. The van der Waals surface area contributed by atoms with Crippen LogP contribution in [0.25, 0.3) is 27.8 Å². The summed E-state index contributed by atoms with van der Waals surface area (Å²) in [5, 5.41) is 0. The van der Waals surface area contributed by atoms with Gasteiger partial charge in [-0.25, -0.2) is 4.39 Å². The van der Waals surface area contributed by atoms with Crippen LogP contribution in [0.15, 0.2) is 229 Å². The van der Waals surface area contributed by atoms with E-state index >= 15 is 0 Å². The molecule has 9 rings (SSSR count). The van der Waals surface area contributed by atoms with Gasteiger partial charge in [-0.15, -0.1) is 0 Å². The SMILES string of the molecule is C=C/C=C\C(C)=C/CC.CC.CC.CC.CC1C=CC=CC1.CCCC/C=C\C(C)c1ccc(-c2cccc(-c3ccccc3C)c2)cc1C.Cc1ccc(C2(C3=CC=C(F)CC3)C3=C(C=CCC3)c3ccccc32)cc1. The van der Waals surface area contributed by atoms with Gasteiger partial charge >= 0.3 is 0 Å². The zero-order valence-electron chi connectivity index (χ0n) is 50.2. The van der Waals surface area contributed by atoms with Crippen molar-refractivity contribution >= 4 is 5.57 Å². The van der Waals surface area contributed by atoms with Gasteiger partial charge in [-0.3, -0.25) is 0 Å². The summed E-state index contributed by atoms with van der Waals surface area (Å²) in [5.74, 6) is 1.22. The molecule has 5 aromatic carbocycles. The first-order valence-electron chi connectivity index (χ1n) is 29.4. The van der Waals surface area contributed by atoms with E-state index in [1.807, 2.05) is 53.7 Å². The normalized spacial score (nSPS) is 17.1. The van der Waals surface area contributed by atoms with E-state index in [-0.39, 0.29) is 11.2 Å². The molecule has 0 amide bonds. The first-order valence-corrected chi connectivity index (χ1v) is 29.4. The van der Waals surface area contributed by atoms with Crippen LogP contribution in [0.4, 0.5) is 4.39 Å². The lowest BCUT2D eigenvalue weighted by Gasteiger charge is -2.39. The molecule has 0 N–H and O–H groups in total. The molecule has 0 aliphatic heterocycles. The summed E-state index contributed by atoms with van der Waals surface area (Å²) in [5.41, 5.74) is 19.7. The van der Waals surface area contributed by atoms with Crippen LogP contribution >= 0.6 is 0 Å². The number of rotatable bonds is 12. The monoisotopic (exact) mass is 1030 g/mol. The van der Waals surface area contributed by atoms with Gasteiger partial charge in [0.25, 0.3) is 0 Å². The Bertz CT molecular complexity index is 2840. The van der Waals surface area contributed by atoms with E-state index in [1.54, 1.807) is 12.2 Å². The molecule has 4 aliphatic carbocycles. The largest absolute Gasteiger partial charge is 0.212 e. The summed E-state index contributed by atoms with van der Waals surface area (Å²) in [6.45, 7) is 33.1. The maximum Gasteiger partial charge on any atom is 0.100 e. The van der Waals surface area contributed by atoms with Crippen molar-refractivity contribution in [2.24, 2.45) is 5.92 Å². The lowest BCUT2D eigenvalue weighted by atomic mass is 9.63. The fourth-order valence-electron chi connectivity index (χ4n) is 10.3. The first-order chi connectivity index (χ1) is 37.5. The molecule has 0 fully saturated rings. The Balaban J connectivity index is 0.000000294. The van der Waals surface area contributed by atoms with Gasteiger partial charge < -0.3 is 0 Å². The topological polar surface area (TPSA) is 0 Å². The minimum Gasteiger partial charge on any atom is -0.212 e. The third kappa shape index (κ3) is 18.6. The molecule has 408 valence electrons. The molecule has 0 spiro atoms. The van der Waals surface area contributed by atoms with E-state index in [4.69, 9.17) is 0 Å². The molecule has 0 saturated carbocycles. The standard InChI is InChI=1S/C28H32.C26H23F.C9H14.C7H10.3C2H6/c1-5-6-7-8-12-21(2)27-18-17-25(19-23(27)4)24-14-11-15-26(20-24)28-16-10-9-13-22(28)3;1-18-10-12-19(13-11-18)26(20-14-16-21(27)17-15-20)24-8-4-2-6-22(24)23-7-3-5-9-25(23)26;1-4-6-8-9(3)7-5-2;1-7-5-3-2-4-6-7;3*1-2/h8-21H,5-7H2,1-4H3;2-4,6-8,10-14,16H,5,9,15,17H2,1H3;4,6-8H,1,5H2,2-3H3;2-5,7H,6H2,1H3;3*1-2H3/b12-8-;;8-6-,9-7-;;;;. The van der Waals surface area contributed by atoms with Crippen molar-refractivity contribution in [3.63, 3.8) is 0 Å². The van der Waals surface area contributed by atoms with Crippen LogP contribution in [0.3, 0.4) is 0 Å². The summed E-state index contributed by atoms with van der Waals surface area (Å²) < 4.78 is 13.8. The molecule has 0 radical (unpaired) electrons. The Morgan fingerprint density at radius 3 is 2.03 bits per heavy atom. The molecule has 77 heavy (non-hydrogen) atoms. The number of allylic oxidation sites excluding steroid dienone is 19. The van der Waals surface area contributed by atoms with Crippen molar-refractivity contribution < 1.29 is 4.39 Å². The highest BCUT2D eigenvalue weighted by Crippen LogP contribution is 2.58. The predicted molar refractivity (Wildman–Crippen MR) is 344 cm³/mol. The highest BCUT2D eigenvalue weighted by Gasteiger charge is 2.48. The van der Waals surface area contributed by atoms with Crippen LogP contribution in [0.5, 0.6) is 0 Å². The van der Waals surface area contributed by atoms with Crippen molar-refractivity contribution in [1.29, 1.82) is 0 Å². The molecule has 0 heterocycles. The molecular formula is C76H97F. The van der Waals surface area contributed by atoms with E-state index in [0.29, 0.717) is 12.3 Å². The van der Waals surface area contributed by atoms with Gasteiger partial charge in [0.05, 0.1) is 5.41 Å². The van der Waals surface area contributed by atoms with E-state index in [2.05, 4.69) is 238 Å². The van der Waals surface area contributed by atoms with Gasteiger partial charge in [0.15, 0.2) is 0 Å². The van der Waals surface area contributed by atoms with Gasteiger partial charge in [0.2, 0.25) is 0 Å². The molecule has 0 saturated heterocycles. The van der Waals surface area contributed by atoms with Crippen LogP contribution in [0.1, 0.15) is 179 Å². The van der Waals surface area contributed by atoms with Crippen molar-refractivity contribution in [2.45, 2.75) is 166 Å². The second kappa shape index (κ2) is 35.7. The Morgan fingerprint density at radius 2 is 1.42 bits per heavy atom. The molecule has 1 heteroatoms. The van der Waals surface area contributed by atoms with Gasteiger partial charge in [-0.05, 0) is 157 Å². The van der Waals surface area contributed by atoms with E-state index in [1.165, 1.54) is 109 Å². The third-order valence-corrected chi connectivity index (χ3v) is 14.1. The summed E-state index contributed by atoms with van der Waals surface area (Å²) >= 11 is 0. The molecule has 4 aliphatic rings. The number of hydrogen-bond acceptors (Lipinski definition) is 0. The summed E-state index contributed by atoms with van der Waals surface area (Å²) in [4.78, 5) is 0. The molecule has 3 unspecified atom stereocenters. The number of unbranched alkanes of at least 4 members (excludes halogenated alkanes) is 2. The zero-order chi connectivity index (χ0) is 56.6.